The molecule has 0 fully saturated rings. The van der Waals surface area contributed by atoms with Crippen LogP contribution < -0.4 is 10.2 Å². The van der Waals surface area contributed by atoms with Gasteiger partial charge in [-0.05, 0) is 62.1 Å². The van der Waals surface area contributed by atoms with Crippen LogP contribution >= 0.6 is 0 Å². The van der Waals surface area contributed by atoms with Crippen molar-refractivity contribution >= 4 is 28.4 Å². The van der Waals surface area contributed by atoms with E-state index in [1.165, 1.54) is 16.5 Å². The zero-order valence-electron chi connectivity index (χ0n) is 21.7. The molecule has 0 bridgehead atoms. The number of rotatable bonds is 8. The van der Waals surface area contributed by atoms with E-state index in [-0.39, 0.29) is 18.4 Å². The van der Waals surface area contributed by atoms with Gasteiger partial charge in [0.2, 0.25) is 11.8 Å². The first-order chi connectivity index (χ1) is 17.3. The summed E-state index contributed by atoms with van der Waals surface area (Å²) >= 11 is 0. The highest BCUT2D eigenvalue weighted by Gasteiger charge is 2.26. The maximum atomic E-state index is 13.6. The Bertz CT molecular complexity index is 1370. The molecule has 0 radical (unpaired) electrons. The summed E-state index contributed by atoms with van der Waals surface area (Å²) in [6, 6.07) is 19.0. The van der Waals surface area contributed by atoms with Gasteiger partial charge in [0, 0.05) is 35.8 Å². The third kappa shape index (κ3) is 5.18. The van der Waals surface area contributed by atoms with E-state index in [0.29, 0.717) is 12.1 Å². The number of anilines is 1. The number of carbonyl (C=O) groups excluding carboxylic acids is 2. The first-order valence-corrected chi connectivity index (χ1v) is 12.4. The maximum Gasteiger partial charge on any atom is 0.249 e. The fourth-order valence-corrected chi connectivity index (χ4v) is 4.88. The van der Waals surface area contributed by atoms with Gasteiger partial charge in [0.15, 0.2) is 0 Å². The van der Waals surface area contributed by atoms with Crippen LogP contribution in [-0.2, 0) is 29.0 Å². The van der Waals surface area contributed by atoms with E-state index in [2.05, 4.69) is 47.8 Å². The van der Waals surface area contributed by atoms with E-state index >= 15 is 0 Å². The normalized spacial score (nSPS) is 11.9. The van der Waals surface area contributed by atoms with Crippen molar-refractivity contribution in [3.63, 3.8) is 0 Å². The number of pyridine rings is 1. The first-order valence-electron chi connectivity index (χ1n) is 12.4. The quantitative estimate of drug-likeness (QED) is 0.388. The molecule has 4 aromatic rings. The summed E-state index contributed by atoms with van der Waals surface area (Å²) in [7, 11) is 1.72. The highest BCUT2D eigenvalue weighted by molar-refractivity contribution is 5.99. The average molecular weight is 483 g/mol. The Hall–Kier alpha value is -3.93. The molecule has 2 amide bonds. The fraction of sp³-hybridized carbons (Fsp3) is 0.300. The number of amides is 2. The number of hydrogen-bond donors (Lipinski definition) is 1. The van der Waals surface area contributed by atoms with Crippen molar-refractivity contribution in [2.24, 2.45) is 0 Å². The van der Waals surface area contributed by atoms with Crippen LogP contribution in [0.5, 0.6) is 0 Å². The van der Waals surface area contributed by atoms with Gasteiger partial charge in [0.1, 0.15) is 12.6 Å². The Balaban J connectivity index is 1.61. The molecule has 0 aliphatic heterocycles. The molecule has 0 spiro atoms. The van der Waals surface area contributed by atoms with Gasteiger partial charge in [-0.15, -0.1) is 0 Å². The minimum atomic E-state index is -0.708. The third-order valence-corrected chi connectivity index (χ3v) is 6.87. The van der Waals surface area contributed by atoms with E-state index in [9.17, 15) is 9.59 Å². The van der Waals surface area contributed by atoms with Crippen LogP contribution in [0.2, 0.25) is 0 Å². The van der Waals surface area contributed by atoms with Crippen molar-refractivity contribution in [3.05, 3.63) is 94.9 Å². The number of carbonyl (C=O) groups is 2. The zero-order chi connectivity index (χ0) is 25.8. The van der Waals surface area contributed by atoms with Crippen molar-refractivity contribution in [3.8, 4) is 0 Å². The van der Waals surface area contributed by atoms with Crippen LogP contribution in [0.25, 0.3) is 10.9 Å². The summed E-state index contributed by atoms with van der Waals surface area (Å²) in [6.45, 7) is 8.37. The topological polar surface area (TPSA) is 67.2 Å². The molecule has 0 unspecified atom stereocenters. The van der Waals surface area contributed by atoms with E-state index in [0.717, 1.165) is 28.9 Å². The Labute approximate surface area is 213 Å². The van der Waals surface area contributed by atoms with Gasteiger partial charge in [-0.2, -0.15) is 0 Å². The monoisotopic (exact) mass is 482 g/mol. The molecule has 0 saturated heterocycles. The maximum absolute atomic E-state index is 13.6. The lowest BCUT2D eigenvalue weighted by molar-refractivity contribution is -0.127. The molecule has 0 saturated carbocycles. The lowest BCUT2D eigenvalue weighted by atomic mass is 10.0. The molecule has 2 heterocycles. The molecule has 0 aliphatic rings. The standard InChI is InChI=1S/C30H34N4O2/c1-6-25-22(4)34(27-14-10-11-20(2)29(25)27)19-28(35)32-26(17-23-12-8-7-9-13-23)30(36)33(5)24-16-15-21(3)31-18-24/h7-16,18,26H,6,17,19H2,1-5H3,(H,32,35)/t26-/m0/s1. The van der Waals surface area contributed by atoms with Crippen molar-refractivity contribution < 1.29 is 9.59 Å². The molecule has 6 heteroatoms. The predicted molar refractivity (Wildman–Crippen MR) is 145 cm³/mol. The van der Waals surface area contributed by atoms with Gasteiger partial charge in [-0.25, -0.2) is 0 Å². The van der Waals surface area contributed by atoms with Crippen LogP contribution in [0.15, 0.2) is 66.9 Å². The summed E-state index contributed by atoms with van der Waals surface area (Å²) in [5, 5.41) is 4.25. The molecule has 186 valence electrons. The first kappa shape index (κ1) is 25.2. The minimum absolute atomic E-state index is 0.153. The lowest BCUT2D eigenvalue weighted by Gasteiger charge is -2.25. The van der Waals surface area contributed by atoms with Crippen molar-refractivity contribution in [1.82, 2.24) is 14.9 Å². The Morgan fingerprint density at radius 3 is 2.42 bits per heavy atom. The number of hydrogen-bond acceptors (Lipinski definition) is 3. The van der Waals surface area contributed by atoms with Crippen molar-refractivity contribution in [1.29, 1.82) is 0 Å². The number of fused-ring (bicyclic) bond motifs is 1. The highest BCUT2D eigenvalue weighted by atomic mass is 16.2. The predicted octanol–water partition coefficient (Wildman–Crippen LogP) is 4.91. The molecule has 2 aromatic carbocycles. The molecular weight excluding hydrogens is 448 g/mol. The van der Waals surface area contributed by atoms with Crippen LogP contribution in [0.1, 0.15) is 35.0 Å². The van der Waals surface area contributed by atoms with Crippen molar-refractivity contribution in [2.75, 3.05) is 11.9 Å². The van der Waals surface area contributed by atoms with Crippen LogP contribution in [-0.4, -0.2) is 34.5 Å². The Morgan fingerprint density at radius 1 is 1.00 bits per heavy atom. The van der Waals surface area contributed by atoms with Gasteiger partial charge in [-0.3, -0.25) is 14.6 Å². The van der Waals surface area contributed by atoms with Crippen LogP contribution in [0.3, 0.4) is 0 Å². The number of aromatic nitrogens is 2. The van der Waals surface area contributed by atoms with E-state index in [1.807, 2.05) is 55.5 Å². The minimum Gasteiger partial charge on any atom is -0.342 e. The summed E-state index contributed by atoms with van der Waals surface area (Å²) in [5.41, 5.74) is 7.16. The summed E-state index contributed by atoms with van der Waals surface area (Å²) in [4.78, 5) is 32.8. The van der Waals surface area contributed by atoms with Gasteiger partial charge < -0.3 is 14.8 Å². The average Bonchev–Trinajstić information content (AvgIpc) is 3.15. The number of nitrogens with zero attached hydrogens (tertiary/aromatic N) is 3. The molecular formula is C30H34N4O2. The summed E-state index contributed by atoms with van der Waals surface area (Å²) in [5.74, 6) is -0.374. The zero-order valence-corrected chi connectivity index (χ0v) is 21.7. The third-order valence-electron chi connectivity index (χ3n) is 6.87. The second-order valence-corrected chi connectivity index (χ2v) is 9.34. The molecule has 4 rings (SSSR count). The van der Waals surface area contributed by atoms with Crippen LogP contribution in [0, 0.1) is 20.8 Å². The number of nitrogens with one attached hydrogen (secondary N) is 1. The summed E-state index contributed by atoms with van der Waals surface area (Å²) in [6.07, 6.45) is 2.98. The molecule has 36 heavy (non-hydrogen) atoms. The SMILES string of the molecule is CCc1c(C)n(CC(=O)N[C@@H](Cc2ccccc2)C(=O)N(C)c2ccc(C)nc2)c2cccc(C)c12. The summed E-state index contributed by atoms with van der Waals surface area (Å²) < 4.78 is 2.06. The van der Waals surface area contributed by atoms with Crippen LogP contribution in [0.4, 0.5) is 5.69 Å². The highest BCUT2D eigenvalue weighted by Crippen LogP contribution is 2.29. The number of aryl methyl sites for hydroxylation is 3. The van der Waals surface area contributed by atoms with E-state index < -0.39 is 6.04 Å². The molecule has 2 aromatic heterocycles. The Kier molecular flexibility index (Phi) is 7.53. The van der Waals surface area contributed by atoms with Gasteiger partial charge >= 0.3 is 0 Å². The Morgan fingerprint density at radius 2 is 1.75 bits per heavy atom. The molecule has 6 nitrogen and oxygen atoms in total. The number of likely N-dealkylation sites (N-methyl/N-ethyl adjacent to an activating group) is 1. The second kappa shape index (κ2) is 10.8. The molecule has 1 atom stereocenters. The van der Waals surface area contributed by atoms with Crippen molar-refractivity contribution in [2.45, 2.75) is 53.1 Å². The van der Waals surface area contributed by atoms with Gasteiger partial charge in [-0.1, -0.05) is 49.4 Å². The van der Waals surface area contributed by atoms with Gasteiger partial charge in [0.25, 0.3) is 0 Å². The lowest BCUT2D eigenvalue weighted by Crippen LogP contribution is -2.49. The smallest absolute Gasteiger partial charge is 0.249 e. The second-order valence-electron chi connectivity index (χ2n) is 9.34. The number of benzene rings is 2. The largest absolute Gasteiger partial charge is 0.342 e. The van der Waals surface area contributed by atoms with E-state index in [4.69, 9.17) is 0 Å². The van der Waals surface area contributed by atoms with E-state index in [1.54, 1.807) is 18.1 Å². The molecule has 0 aliphatic carbocycles. The van der Waals surface area contributed by atoms with Gasteiger partial charge in [0.05, 0.1) is 11.9 Å². The molecule has 1 N–H and O–H groups in total. The fourth-order valence-electron chi connectivity index (χ4n) is 4.88.